The van der Waals surface area contributed by atoms with E-state index in [4.69, 9.17) is 0 Å². The van der Waals surface area contributed by atoms with Gasteiger partial charge in [-0.05, 0) is 49.2 Å². The number of aryl methyl sites for hydroxylation is 1. The molecule has 0 fully saturated rings. The van der Waals surface area contributed by atoms with E-state index in [0.717, 1.165) is 21.0 Å². The van der Waals surface area contributed by atoms with Gasteiger partial charge in [0, 0.05) is 31.6 Å². The van der Waals surface area contributed by atoms with Gasteiger partial charge >= 0.3 is 0 Å². The van der Waals surface area contributed by atoms with E-state index in [2.05, 4.69) is 5.32 Å². The highest BCUT2D eigenvalue weighted by Gasteiger charge is 2.34. The summed E-state index contributed by atoms with van der Waals surface area (Å²) in [7, 11) is -4.30. The molecule has 2 amide bonds. The van der Waals surface area contributed by atoms with Crippen LogP contribution in [-0.4, -0.2) is 49.2 Å². The number of rotatable bonds is 13. The Hall–Kier alpha value is -5.03. The molecule has 10 nitrogen and oxygen atoms in total. The lowest BCUT2D eigenvalue weighted by Crippen LogP contribution is -2.53. The topological polar surface area (TPSA) is 130 Å². The number of anilines is 1. The van der Waals surface area contributed by atoms with Crippen LogP contribution in [0, 0.1) is 17.0 Å². The van der Waals surface area contributed by atoms with Gasteiger partial charge in [-0.3, -0.25) is 24.0 Å². The van der Waals surface area contributed by atoms with Gasteiger partial charge in [0.25, 0.3) is 15.7 Å². The molecule has 0 bridgehead atoms. The summed E-state index contributed by atoms with van der Waals surface area (Å²) in [5.41, 5.74) is 2.41. The first-order valence-electron chi connectivity index (χ1n) is 14.1. The van der Waals surface area contributed by atoms with Gasteiger partial charge in [0.15, 0.2) is 0 Å². The van der Waals surface area contributed by atoms with Gasteiger partial charge in [0.1, 0.15) is 12.6 Å². The molecule has 0 aliphatic heterocycles. The fourth-order valence-corrected chi connectivity index (χ4v) is 6.28. The smallest absolute Gasteiger partial charge is 0.269 e. The summed E-state index contributed by atoms with van der Waals surface area (Å²) in [4.78, 5) is 39.9. The highest BCUT2D eigenvalue weighted by molar-refractivity contribution is 7.92. The number of carbonyl (C=O) groups is 2. The Kier molecular flexibility index (Phi) is 10.5. The maximum atomic E-state index is 14.3. The SMILES string of the molecule is CCNC(=O)[C@@H](Cc1ccccc1)N(Cc1cccc(C)c1)C(=O)CN(c1ccc([N+](=O)[O-])cc1)S(=O)(=O)c1ccccc1. The lowest BCUT2D eigenvalue weighted by atomic mass is 10.0. The maximum absolute atomic E-state index is 14.3. The second-order valence-corrected chi connectivity index (χ2v) is 12.1. The monoisotopic (exact) mass is 614 g/mol. The number of non-ortho nitro benzene ring substituents is 1. The molecule has 1 atom stereocenters. The summed E-state index contributed by atoms with van der Waals surface area (Å²) >= 11 is 0. The number of nitro benzene ring substituents is 1. The zero-order valence-electron chi connectivity index (χ0n) is 24.5. The lowest BCUT2D eigenvalue weighted by molar-refractivity contribution is -0.384. The zero-order valence-corrected chi connectivity index (χ0v) is 25.3. The minimum atomic E-state index is -4.30. The molecule has 0 saturated heterocycles. The molecule has 0 aliphatic carbocycles. The number of hydrogen-bond donors (Lipinski definition) is 1. The molecule has 0 aromatic heterocycles. The second kappa shape index (κ2) is 14.4. The molecule has 44 heavy (non-hydrogen) atoms. The van der Waals surface area contributed by atoms with E-state index in [9.17, 15) is 28.1 Å². The summed E-state index contributed by atoms with van der Waals surface area (Å²) < 4.78 is 28.8. The van der Waals surface area contributed by atoms with Crippen LogP contribution in [0.1, 0.15) is 23.6 Å². The van der Waals surface area contributed by atoms with Crippen molar-refractivity contribution >= 4 is 33.2 Å². The van der Waals surface area contributed by atoms with Crippen molar-refractivity contribution in [1.29, 1.82) is 0 Å². The number of nitrogens with zero attached hydrogens (tertiary/aromatic N) is 3. The third-order valence-electron chi connectivity index (χ3n) is 7.02. The largest absolute Gasteiger partial charge is 0.355 e. The van der Waals surface area contributed by atoms with E-state index in [1.165, 1.54) is 41.3 Å². The first kappa shape index (κ1) is 31.9. The van der Waals surface area contributed by atoms with Gasteiger partial charge in [-0.25, -0.2) is 8.42 Å². The summed E-state index contributed by atoms with van der Waals surface area (Å²) in [5, 5.41) is 14.1. The molecule has 4 aromatic carbocycles. The van der Waals surface area contributed by atoms with E-state index in [1.54, 1.807) is 25.1 Å². The van der Waals surface area contributed by atoms with E-state index in [1.807, 2.05) is 61.5 Å². The Morgan fingerprint density at radius 2 is 1.48 bits per heavy atom. The van der Waals surface area contributed by atoms with Gasteiger partial charge < -0.3 is 10.2 Å². The van der Waals surface area contributed by atoms with E-state index >= 15 is 0 Å². The molecule has 4 aromatic rings. The second-order valence-electron chi connectivity index (χ2n) is 10.2. The number of carbonyl (C=O) groups excluding carboxylic acids is 2. The number of nitrogens with one attached hydrogen (secondary N) is 1. The Morgan fingerprint density at radius 1 is 0.864 bits per heavy atom. The van der Waals surface area contributed by atoms with Crippen LogP contribution in [0.3, 0.4) is 0 Å². The maximum Gasteiger partial charge on any atom is 0.269 e. The van der Waals surface area contributed by atoms with Gasteiger partial charge in [-0.1, -0.05) is 78.4 Å². The van der Waals surface area contributed by atoms with Crippen molar-refractivity contribution in [3.8, 4) is 0 Å². The predicted octanol–water partition coefficient (Wildman–Crippen LogP) is 4.87. The highest BCUT2D eigenvalue weighted by atomic mass is 32.2. The van der Waals surface area contributed by atoms with Crippen molar-refractivity contribution in [1.82, 2.24) is 10.2 Å². The number of amides is 2. The van der Waals surface area contributed by atoms with Gasteiger partial charge in [0.2, 0.25) is 11.8 Å². The van der Waals surface area contributed by atoms with E-state index < -0.39 is 33.4 Å². The van der Waals surface area contributed by atoms with Crippen molar-refractivity contribution in [2.45, 2.75) is 37.8 Å². The van der Waals surface area contributed by atoms with Crippen LogP contribution in [0.25, 0.3) is 0 Å². The molecular weight excluding hydrogens is 580 g/mol. The molecule has 0 unspecified atom stereocenters. The fraction of sp³-hybridized carbons (Fsp3) is 0.212. The molecule has 0 spiro atoms. The molecule has 0 heterocycles. The first-order valence-corrected chi connectivity index (χ1v) is 15.5. The molecule has 0 saturated carbocycles. The van der Waals surface area contributed by atoms with Crippen LogP contribution in [0.2, 0.25) is 0 Å². The molecule has 1 N–H and O–H groups in total. The standard InChI is InChI=1S/C33H34N4O6S/c1-3-34-33(39)31(22-26-12-6-4-7-13-26)35(23-27-14-10-11-25(2)21-27)32(38)24-36(28-17-19-29(20-18-28)37(40)41)44(42,43)30-15-8-5-9-16-30/h4-21,31H,3,22-24H2,1-2H3,(H,34,39)/t31-/m1/s1. The fourth-order valence-electron chi connectivity index (χ4n) is 4.84. The van der Waals surface area contributed by atoms with Crippen LogP contribution >= 0.6 is 0 Å². The number of sulfonamides is 1. The van der Waals surface area contributed by atoms with Crippen LogP contribution in [0.15, 0.2) is 114 Å². The highest BCUT2D eigenvalue weighted by Crippen LogP contribution is 2.27. The predicted molar refractivity (Wildman–Crippen MR) is 168 cm³/mol. The third-order valence-corrected chi connectivity index (χ3v) is 8.80. The summed E-state index contributed by atoms with van der Waals surface area (Å²) in [6.07, 6.45) is 0.202. The lowest BCUT2D eigenvalue weighted by Gasteiger charge is -2.34. The Bertz CT molecular complexity index is 1700. The van der Waals surface area contributed by atoms with E-state index in [0.29, 0.717) is 6.54 Å². The van der Waals surface area contributed by atoms with Crippen LogP contribution in [-0.2, 0) is 32.6 Å². The minimum absolute atomic E-state index is 0.0502. The quantitative estimate of drug-likeness (QED) is 0.169. The normalized spacial score (nSPS) is 11.8. The van der Waals surface area contributed by atoms with Gasteiger partial charge in [-0.15, -0.1) is 0 Å². The summed E-state index contributed by atoms with van der Waals surface area (Å²) in [6.45, 7) is 3.45. The van der Waals surface area contributed by atoms with Crippen molar-refractivity contribution < 1.29 is 22.9 Å². The van der Waals surface area contributed by atoms with Crippen molar-refractivity contribution in [3.63, 3.8) is 0 Å². The zero-order chi connectivity index (χ0) is 31.7. The van der Waals surface area contributed by atoms with Crippen LogP contribution in [0.4, 0.5) is 11.4 Å². The molecule has 4 rings (SSSR count). The Labute approximate surface area is 257 Å². The molecule has 11 heteroatoms. The van der Waals surface area contributed by atoms with Gasteiger partial charge in [0.05, 0.1) is 15.5 Å². The number of hydrogen-bond acceptors (Lipinski definition) is 6. The molecule has 228 valence electrons. The molecule has 0 aliphatic rings. The first-order chi connectivity index (χ1) is 21.1. The number of likely N-dealkylation sites (N-methyl/N-ethyl adjacent to an activating group) is 1. The number of benzene rings is 4. The van der Waals surface area contributed by atoms with Crippen molar-refractivity contribution in [2.24, 2.45) is 0 Å². The van der Waals surface area contributed by atoms with E-state index in [-0.39, 0.29) is 35.1 Å². The number of nitro groups is 1. The van der Waals surface area contributed by atoms with Crippen LogP contribution in [0.5, 0.6) is 0 Å². The Balaban J connectivity index is 1.80. The van der Waals surface area contributed by atoms with Crippen molar-refractivity contribution in [2.75, 3.05) is 17.4 Å². The summed E-state index contributed by atoms with van der Waals surface area (Å²) in [6, 6.07) is 28.4. The Morgan fingerprint density at radius 3 is 2.07 bits per heavy atom. The van der Waals surface area contributed by atoms with Gasteiger partial charge in [-0.2, -0.15) is 0 Å². The summed E-state index contributed by atoms with van der Waals surface area (Å²) in [5.74, 6) is -0.985. The molecule has 0 radical (unpaired) electrons. The van der Waals surface area contributed by atoms with Crippen LogP contribution < -0.4 is 9.62 Å². The third kappa shape index (κ3) is 7.87. The van der Waals surface area contributed by atoms with Crippen molar-refractivity contribution in [3.05, 3.63) is 136 Å². The minimum Gasteiger partial charge on any atom is -0.355 e. The average Bonchev–Trinajstić information content (AvgIpc) is 3.02. The molecular formula is C33H34N4O6S. The average molecular weight is 615 g/mol.